The number of aryl methyl sites for hydroxylation is 1. The SMILES string of the molecule is C#Cc1c(F)ccc2cc(O)cc(-c3nc4c5c(nc(OCC67CCCN6CCC7)nc5c3F)N3CC(C)NCC3CC4)c12. The second-order valence-corrected chi connectivity index (χ2v) is 12.8. The van der Waals surface area contributed by atoms with E-state index in [0.717, 1.165) is 51.7 Å². The summed E-state index contributed by atoms with van der Waals surface area (Å²) in [4.78, 5) is 19.3. The van der Waals surface area contributed by atoms with Crippen molar-refractivity contribution in [2.45, 2.75) is 63.1 Å². The van der Waals surface area contributed by atoms with E-state index in [-0.39, 0.29) is 51.7 Å². The van der Waals surface area contributed by atoms with Crippen LogP contribution in [0.25, 0.3) is 32.9 Å². The Morgan fingerprint density at radius 3 is 2.75 bits per heavy atom. The predicted molar refractivity (Wildman–Crippen MR) is 165 cm³/mol. The lowest BCUT2D eigenvalue weighted by Gasteiger charge is -2.39. The van der Waals surface area contributed by atoms with E-state index in [1.807, 2.05) is 0 Å². The summed E-state index contributed by atoms with van der Waals surface area (Å²) in [5.41, 5.74) is 0.919. The van der Waals surface area contributed by atoms with E-state index in [1.54, 1.807) is 0 Å². The molecule has 4 aliphatic heterocycles. The molecule has 0 spiro atoms. The number of anilines is 1. The Balaban J connectivity index is 1.34. The van der Waals surface area contributed by atoms with Crippen molar-refractivity contribution in [3.63, 3.8) is 0 Å². The number of terminal acetylenes is 1. The lowest BCUT2D eigenvalue weighted by Crippen LogP contribution is -2.55. The van der Waals surface area contributed by atoms with E-state index < -0.39 is 11.6 Å². The van der Waals surface area contributed by atoms with Gasteiger partial charge in [-0.05, 0) is 82.1 Å². The highest BCUT2D eigenvalue weighted by atomic mass is 19.1. The summed E-state index contributed by atoms with van der Waals surface area (Å²) < 4.78 is 38.3. The maximum Gasteiger partial charge on any atom is 0.319 e. The molecule has 0 bridgehead atoms. The van der Waals surface area contributed by atoms with Crippen LogP contribution in [0, 0.1) is 24.0 Å². The van der Waals surface area contributed by atoms with Crippen molar-refractivity contribution in [2.24, 2.45) is 0 Å². The number of aromatic hydroxyl groups is 1. The zero-order valence-corrected chi connectivity index (χ0v) is 24.7. The number of pyridine rings is 1. The number of nitrogens with zero attached hydrogens (tertiary/aromatic N) is 5. The summed E-state index contributed by atoms with van der Waals surface area (Å²) in [6.07, 6.45) is 11.5. The lowest BCUT2D eigenvalue weighted by molar-refractivity contribution is 0.108. The molecule has 4 aliphatic rings. The van der Waals surface area contributed by atoms with Crippen molar-refractivity contribution in [2.75, 3.05) is 37.7 Å². The van der Waals surface area contributed by atoms with Crippen LogP contribution in [-0.4, -0.2) is 75.4 Å². The van der Waals surface area contributed by atoms with Crippen LogP contribution in [-0.2, 0) is 6.42 Å². The number of hydrogen-bond acceptors (Lipinski definition) is 8. The first-order valence-corrected chi connectivity index (χ1v) is 15.6. The summed E-state index contributed by atoms with van der Waals surface area (Å²) in [5, 5.41) is 15.6. The molecule has 0 amide bonds. The molecule has 10 heteroatoms. The van der Waals surface area contributed by atoms with Crippen molar-refractivity contribution in [1.82, 2.24) is 25.2 Å². The summed E-state index contributed by atoms with van der Waals surface area (Å²) in [5.74, 6) is 1.68. The number of phenolic OH excluding ortho intramolecular Hbond substituents is 1. The van der Waals surface area contributed by atoms with Crippen molar-refractivity contribution in [1.29, 1.82) is 0 Å². The Morgan fingerprint density at radius 2 is 1.95 bits per heavy atom. The number of hydrogen-bond donors (Lipinski definition) is 2. The standard InChI is InChI=1S/C34H34F2N6O2/c1-3-23-25(35)8-6-20-14-22(43)15-24(27(20)23)30-29(36)31-28-26(38-30)9-7-21-16-37-19(2)17-42(21)32(28)40-33(39-31)44-18-34-10-4-12-41(34)13-5-11-34/h1,6,8,14-15,19,21,37,43H,4-5,7,9-13,16-18H2,2H3. The average molecular weight is 597 g/mol. The van der Waals surface area contributed by atoms with Gasteiger partial charge in [-0.1, -0.05) is 12.0 Å². The fraction of sp³-hybridized carbons (Fsp3) is 0.441. The highest BCUT2D eigenvalue weighted by Crippen LogP contribution is 2.43. The van der Waals surface area contributed by atoms with Crippen LogP contribution in [0.5, 0.6) is 11.8 Å². The molecule has 226 valence electrons. The van der Waals surface area contributed by atoms with Crippen molar-refractivity contribution < 1.29 is 18.6 Å². The molecule has 2 aromatic carbocycles. The molecule has 2 aromatic heterocycles. The molecule has 6 heterocycles. The van der Waals surface area contributed by atoms with Crippen LogP contribution < -0.4 is 15.0 Å². The zero-order valence-electron chi connectivity index (χ0n) is 24.7. The van der Waals surface area contributed by atoms with Gasteiger partial charge in [0.1, 0.15) is 35.2 Å². The van der Waals surface area contributed by atoms with Gasteiger partial charge in [-0.25, -0.2) is 13.8 Å². The maximum absolute atomic E-state index is 17.0. The highest BCUT2D eigenvalue weighted by molar-refractivity contribution is 6.03. The largest absolute Gasteiger partial charge is 0.508 e. The second kappa shape index (κ2) is 10.2. The fourth-order valence-corrected chi connectivity index (χ4v) is 8.03. The Bertz CT molecular complexity index is 1860. The third kappa shape index (κ3) is 4.20. The van der Waals surface area contributed by atoms with Crippen LogP contribution in [0.4, 0.5) is 14.6 Å². The smallest absolute Gasteiger partial charge is 0.319 e. The third-order valence-electron chi connectivity index (χ3n) is 10.2. The van der Waals surface area contributed by atoms with E-state index in [9.17, 15) is 9.50 Å². The van der Waals surface area contributed by atoms with Gasteiger partial charge in [0.05, 0.1) is 22.2 Å². The van der Waals surface area contributed by atoms with E-state index in [2.05, 4.69) is 28.0 Å². The quantitative estimate of drug-likeness (QED) is 0.321. The van der Waals surface area contributed by atoms with Gasteiger partial charge in [0.2, 0.25) is 0 Å². The number of nitrogens with one attached hydrogen (secondary N) is 1. The molecule has 4 aromatic rings. The van der Waals surface area contributed by atoms with Crippen molar-refractivity contribution in [3.05, 3.63) is 47.2 Å². The number of ether oxygens (including phenoxy) is 1. The van der Waals surface area contributed by atoms with Crippen LogP contribution in [0.3, 0.4) is 0 Å². The predicted octanol–water partition coefficient (Wildman–Crippen LogP) is 4.93. The van der Waals surface area contributed by atoms with Gasteiger partial charge in [-0.3, -0.25) is 4.90 Å². The Labute approximate surface area is 254 Å². The molecule has 44 heavy (non-hydrogen) atoms. The number of piperazine rings is 1. The topological polar surface area (TPSA) is 86.6 Å². The van der Waals surface area contributed by atoms with Gasteiger partial charge in [0, 0.05) is 36.1 Å². The highest BCUT2D eigenvalue weighted by Gasteiger charge is 2.45. The van der Waals surface area contributed by atoms with Crippen LogP contribution in [0.2, 0.25) is 0 Å². The molecule has 0 saturated carbocycles. The molecular formula is C34H34F2N6O2. The molecule has 2 N–H and O–H groups in total. The summed E-state index contributed by atoms with van der Waals surface area (Å²) in [6, 6.07) is 6.16. The monoisotopic (exact) mass is 596 g/mol. The normalized spacial score (nSPS) is 22.5. The van der Waals surface area contributed by atoms with Crippen LogP contribution >= 0.6 is 0 Å². The van der Waals surface area contributed by atoms with E-state index in [1.165, 1.54) is 24.3 Å². The number of rotatable bonds is 4. The first-order valence-electron chi connectivity index (χ1n) is 15.6. The first kappa shape index (κ1) is 27.5. The number of fused-ring (bicyclic) bond motifs is 4. The van der Waals surface area contributed by atoms with E-state index >= 15 is 4.39 Å². The molecule has 3 saturated heterocycles. The Kier molecular flexibility index (Phi) is 6.40. The molecule has 3 fully saturated rings. The van der Waals surface area contributed by atoms with Gasteiger partial charge in [0.15, 0.2) is 5.82 Å². The molecule has 2 atom stereocenters. The van der Waals surface area contributed by atoms with Gasteiger partial charge >= 0.3 is 6.01 Å². The number of benzene rings is 2. The van der Waals surface area contributed by atoms with E-state index in [4.69, 9.17) is 26.1 Å². The Morgan fingerprint density at radius 1 is 1.14 bits per heavy atom. The second-order valence-electron chi connectivity index (χ2n) is 12.8. The number of phenols is 1. The molecule has 8 rings (SSSR count). The minimum atomic E-state index is -0.681. The van der Waals surface area contributed by atoms with Gasteiger partial charge in [-0.2, -0.15) is 9.97 Å². The minimum absolute atomic E-state index is 0.00816. The minimum Gasteiger partial charge on any atom is -0.508 e. The average Bonchev–Trinajstić information content (AvgIpc) is 3.56. The van der Waals surface area contributed by atoms with Crippen LogP contribution in [0.1, 0.15) is 50.3 Å². The maximum atomic E-state index is 17.0. The van der Waals surface area contributed by atoms with Gasteiger partial charge in [-0.15, -0.1) is 6.42 Å². The van der Waals surface area contributed by atoms with Crippen molar-refractivity contribution >= 4 is 27.5 Å². The van der Waals surface area contributed by atoms with E-state index in [0.29, 0.717) is 47.2 Å². The van der Waals surface area contributed by atoms with Crippen LogP contribution in [0.15, 0.2) is 24.3 Å². The zero-order chi connectivity index (χ0) is 30.2. The molecule has 0 aliphatic carbocycles. The molecule has 8 nitrogen and oxygen atoms in total. The summed E-state index contributed by atoms with van der Waals surface area (Å²) in [6.45, 7) is 6.19. The molecular weight excluding hydrogens is 562 g/mol. The fourth-order valence-electron chi connectivity index (χ4n) is 8.03. The van der Waals surface area contributed by atoms with Gasteiger partial charge < -0.3 is 20.1 Å². The molecule has 0 radical (unpaired) electrons. The lowest BCUT2D eigenvalue weighted by atomic mass is 9.95. The van der Waals surface area contributed by atoms with Crippen molar-refractivity contribution in [3.8, 4) is 35.4 Å². The number of aromatic nitrogens is 3. The van der Waals surface area contributed by atoms with Gasteiger partial charge in [0.25, 0.3) is 0 Å². The first-order chi connectivity index (χ1) is 21.3. The third-order valence-corrected chi connectivity index (χ3v) is 10.2. The summed E-state index contributed by atoms with van der Waals surface area (Å²) in [7, 11) is 0. The Hall–Kier alpha value is -4.07. The molecule has 2 unspecified atom stereocenters. The number of halogens is 2. The summed E-state index contributed by atoms with van der Waals surface area (Å²) >= 11 is 0.